The van der Waals surface area contributed by atoms with Gasteiger partial charge in [-0.1, -0.05) is 38.2 Å². The molecule has 6 heteroatoms. The van der Waals surface area contributed by atoms with E-state index in [1.165, 1.54) is 32.1 Å². The molecule has 0 atom stereocenters. The van der Waals surface area contributed by atoms with Crippen molar-refractivity contribution in [3.05, 3.63) is 30.1 Å². The summed E-state index contributed by atoms with van der Waals surface area (Å²) >= 11 is 0. The van der Waals surface area contributed by atoms with Crippen molar-refractivity contribution in [3.63, 3.8) is 0 Å². The van der Waals surface area contributed by atoms with Crippen molar-refractivity contribution in [3.8, 4) is 0 Å². The van der Waals surface area contributed by atoms with Gasteiger partial charge in [0, 0.05) is 37.9 Å². The first-order valence-corrected chi connectivity index (χ1v) is 9.33. The largest absolute Gasteiger partial charge is 0.344 e. The highest BCUT2D eigenvalue weighted by atomic mass is 16.2. The average Bonchev–Trinajstić information content (AvgIpc) is 2.60. The fourth-order valence-electron chi connectivity index (χ4n) is 3.08. The number of likely N-dealkylation sites (N-methyl/N-ethyl adjacent to an activating group) is 1. The van der Waals surface area contributed by atoms with Crippen LogP contribution in [0.2, 0.25) is 0 Å². The Balaban J connectivity index is 1.64. The molecule has 0 aliphatic heterocycles. The summed E-state index contributed by atoms with van der Waals surface area (Å²) in [6.45, 7) is 0.610. The Morgan fingerprint density at radius 3 is 2.56 bits per heavy atom. The summed E-state index contributed by atoms with van der Waals surface area (Å²) in [4.78, 5) is 30.0. The van der Waals surface area contributed by atoms with Gasteiger partial charge in [0.25, 0.3) is 0 Å². The maximum atomic E-state index is 12.1. The number of aromatic nitrogens is 1. The molecule has 1 aromatic heterocycles. The van der Waals surface area contributed by atoms with E-state index in [2.05, 4.69) is 15.6 Å². The average molecular weight is 346 g/mol. The summed E-state index contributed by atoms with van der Waals surface area (Å²) in [6, 6.07) is 5.75. The van der Waals surface area contributed by atoms with Gasteiger partial charge in [-0.3, -0.25) is 9.78 Å². The molecular weight excluding hydrogens is 316 g/mol. The molecule has 1 heterocycles. The Bertz CT molecular complexity index is 527. The number of carbonyl (C=O) groups is 2. The van der Waals surface area contributed by atoms with Crippen molar-refractivity contribution in [1.82, 2.24) is 20.5 Å². The summed E-state index contributed by atoms with van der Waals surface area (Å²) in [5.74, 6) is -0.0938. The predicted molar refractivity (Wildman–Crippen MR) is 98.2 cm³/mol. The standard InChI is InChI=1S/C19H30N4O2/c1-23(14-12-16-9-7-8-13-20-16)18(24)15-21-19(25)22-17-10-5-3-2-4-6-11-17/h7-9,13,17H,2-6,10-12,14-15H2,1H3,(H2,21,22,25). The number of hydrogen-bond acceptors (Lipinski definition) is 3. The van der Waals surface area contributed by atoms with Gasteiger partial charge in [-0.2, -0.15) is 0 Å². The first kappa shape index (κ1) is 19.2. The highest BCUT2D eigenvalue weighted by molar-refractivity contribution is 5.83. The summed E-state index contributed by atoms with van der Waals surface area (Å²) in [6.07, 6.45) is 10.7. The van der Waals surface area contributed by atoms with E-state index in [0.717, 1.165) is 18.5 Å². The maximum absolute atomic E-state index is 12.1. The highest BCUT2D eigenvalue weighted by Gasteiger charge is 2.15. The summed E-state index contributed by atoms with van der Waals surface area (Å²) in [5.41, 5.74) is 0.956. The summed E-state index contributed by atoms with van der Waals surface area (Å²) < 4.78 is 0. The van der Waals surface area contributed by atoms with E-state index in [1.807, 2.05) is 18.2 Å². The lowest BCUT2D eigenvalue weighted by Crippen LogP contribution is -2.46. The Kier molecular flexibility index (Phi) is 8.22. The molecule has 2 rings (SSSR count). The van der Waals surface area contributed by atoms with E-state index >= 15 is 0 Å². The molecule has 0 bridgehead atoms. The van der Waals surface area contributed by atoms with E-state index in [-0.39, 0.29) is 24.5 Å². The van der Waals surface area contributed by atoms with Crippen LogP contribution in [0.1, 0.15) is 50.6 Å². The zero-order chi connectivity index (χ0) is 17.9. The van der Waals surface area contributed by atoms with E-state index < -0.39 is 0 Å². The lowest BCUT2D eigenvalue weighted by Gasteiger charge is -2.22. The van der Waals surface area contributed by atoms with Gasteiger partial charge >= 0.3 is 6.03 Å². The van der Waals surface area contributed by atoms with Gasteiger partial charge in [0.1, 0.15) is 0 Å². The number of amides is 3. The first-order chi connectivity index (χ1) is 12.1. The molecule has 0 radical (unpaired) electrons. The lowest BCUT2D eigenvalue weighted by molar-refractivity contribution is -0.128. The number of nitrogens with one attached hydrogen (secondary N) is 2. The molecule has 1 saturated carbocycles. The van der Waals surface area contributed by atoms with Crippen LogP contribution in [-0.2, 0) is 11.2 Å². The van der Waals surface area contributed by atoms with Crippen LogP contribution in [0.25, 0.3) is 0 Å². The van der Waals surface area contributed by atoms with Crippen LogP contribution in [-0.4, -0.2) is 48.0 Å². The van der Waals surface area contributed by atoms with Crippen molar-refractivity contribution >= 4 is 11.9 Å². The minimum Gasteiger partial charge on any atom is -0.344 e. The number of rotatable bonds is 6. The lowest BCUT2D eigenvalue weighted by atomic mass is 9.97. The van der Waals surface area contributed by atoms with Gasteiger partial charge in [0.05, 0.1) is 6.54 Å². The van der Waals surface area contributed by atoms with Gasteiger partial charge in [0.2, 0.25) is 5.91 Å². The molecule has 2 N–H and O–H groups in total. The highest BCUT2D eigenvalue weighted by Crippen LogP contribution is 2.16. The second-order valence-electron chi connectivity index (χ2n) is 6.76. The van der Waals surface area contributed by atoms with Crippen molar-refractivity contribution in [2.75, 3.05) is 20.1 Å². The molecular formula is C19H30N4O2. The fourth-order valence-corrected chi connectivity index (χ4v) is 3.08. The van der Waals surface area contributed by atoms with Crippen LogP contribution < -0.4 is 10.6 Å². The van der Waals surface area contributed by atoms with Crippen molar-refractivity contribution < 1.29 is 9.59 Å². The molecule has 0 unspecified atom stereocenters. The minimum absolute atomic E-state index is 0.0251. The van der Waals surface area contributed by atoms with Crippen LogP contribution in [0.4, 0.5) is 4.79 Å². The number of carbonyl (C=O) groups excluding carboxylic acids is 2. The molecule has 25 heavy (non-hydrogen) atoms. The molecule has 1 fully saturated rings. The van der Waals surface area contributed by atoms with E-state index in [4.69, 9.17) is 0 Å². The smallest absolute Gasteiger partial charge is 0.315 e. The van der Waals surface area contributed by atoms with Crippen molar-refractivity contribution in [2.45, 2.75) is 57.4 Å². The molecule has 0 saturated heterocycles. The second-order valence-corrected chi connectivity index (χ2v) is 6.76. The monoisotopic (exact) mass is 346 g/mol. The quantitative estimate of drug-likeness (QED) is 0.831. The van der Waals surface area contributed by atoms with Crippen LogP contribution >= 0.6 is 0 Å². The van der Waals surface area contributed by atoms with Gasteiger partial charge < -0.3 is 15.5 Å². The normalized spacial score (nSPS) is 15.7. The van der Waals surface area contributed by atoms with Gasteiger partial charge in [-0.05, 0) is 25.0 Å². The number of pyridine rings is 1. The first-order valence-electron chi connectivity index (χ1n) is 9.33. The third-order valence-corrected chi connectivity index (χ3v) is 4.70. The molecule has 0 spiro atoms. The van der Waals surface area contributed by atoms with E-state index in [9.17, 15) is 9.59 Å². The van der Waals surface area contributed by atoms with Crippen LogP contribution in [0, 0.1) is 0 Å². The maximum Gasteiger partial charge on any atom is 0.315 e. The summed E-state index contributed by atoms with van der Waals surface area (Å²) in [7, 11) is 1.75. The number of urea groups is 1. The topological polar surface area (TPSA) is 74.3 Å². The Morgan fingerprint density at radius 2 is 1.88 bits per heavy atom. The molecule has 138 valence electrons. The third kappa shape index (κ3) is 7.54. The predicted octanol–water partition coefficient (Wildman–Crippen LogP) is 2.49. The van der Waals surface area contributed by atoms with Crippen molar-refractivity contribution in [1.29, 1.82) is 0 Å². The molecule has 6 nitrogen and oxygen atoms in total. The van der Waals surface area contributed by atoms with Gasteiger partial charge in [0.15, 0.2) is 0 Å². The zero-order valence-electron chi connectivity index (χ0n) is 15.2. The minimum atomic E-state index is -0.239. The van der Waals surface area contributed by atoms with Gasteiger partial charge in [-0.25, -0.2) is 4.79 Å². The third-order valence-electron chi connectivity index (χ3n) is 4.70. The number of hydrogen-bond donors (Lipinski definition) is 2. The second kappa shape index (κ2) is 10.7. The van der Waals surface area contributed by atoms with E-state index in [1.54, 1.807) is 18.1 Å². The Morgan fingerprint density at radius 1 is 1.16 bits per heavy atom. The van der Waals surface area contributed by atoms with Crippen LogP contribution in [0.3, 0.4) is 0 Å². The zero-order valence-corrected chi connectivity index (χ0v) is 15.2. The SMILES string of the molecule is CN(CCc1ccccn1)C(=O)CNC(=O)NC1CCCCCCC1. The molecule has 3 amide bonds. The van der Waals surface area contributed by atoms with Crippen LogP contribution in [0.5, 0.6) is 0 Å². The molecule has 0 aromatic carbocycles. The van der Waals surface area contributed by atoms with Crippen molar-refractivity contribution in [2.24, 2.45) is 0 Å². The number of nitrogens with zero attached hydrogens (tertiary/aromatic N) is 2. The summed E-state index contributed by atoms with van der Waals surface area (Å²) in [5, 5.41) is 5.70. The molecule has 1 aliphatic rings. The van der Waals surface area contributed by atoms with Gasteiger partial charge in [-0.15, -0.1) is 0 Å². The van der Waals surface area contributed by atoms with Crippen LogP contribution in [0.15, 0.2) is 24.4 Å². The molecule has 1 aliphatic carbocycles. The Labute approximate surface area is 150 Å². The molecule has 1 aromatic rings. The fraction of sp³-hybridized carbons (Fsp3) is 0.632. The Hall–Kier alpha value is -2.11. The van der Waals surface area contributed by atoms with E-state index in [0.29, 0.717) is 13.0 Å².